The van der Waals surface area contributed by atoms with Crippen LogP contribution < -0.4 is 5.32 Å². The maximum Gasteiger partial charge on any atom is 0.303 e. The molecule has 5 unspecified atom stereocenters. The van der Waals surface area contributed by atoms with Crippen LogP contribution >= 0.6 is 0 Å². The average molecular weight is 618 g/mol. The lowest BCUT2D eigenvalue weighted by Crippen LogP contribution is -2.60. The third-order valence-corrected chi connectivity index (χ3v) is 15.3. The highest BCUT2D eigenvalue weighted by molar-refractivity contribution is 5.66. The summed E-state index contributed by atoms with van der Waals surface area (Å²) in [5, 5.41) is 26.9. The molecular formula is C36H59NO7. The van der Waals surface area contributed by atoms with E-state index in [9.17, 15) is 15.0 Å². The molecule has 0 bridgehead atoms. The summed E-state index contributed by atoms with van der Waals surface area (Å²) in [5.41, 5.74) is -0.862. The van der Waals surface area contributed by atoms with Crippen LogP contribution in [0.4, 0.5) is 0 Å². The van der Waals surface area contributed by atoms with E-state index >= 15 is 0 Å². The summed E-state index contributed by atoms with van der Waals surface area (Å²) in [6, 6.07) is 0. The Labute approximate surface area is 264 Å². The van der Waals surface area contributed by atoms with Crippen molar-refractivity contribution in [3.8, 4) is 0 Å². The van der Waals surface area contributed by atoms with Gasteiger partial charge in [-0.25, -0.2) is 0 Å². The zero-order chi connectivity index (χ0) is 31.7. The predicted molar refractivity (Wildman–Crippen MR) is 165 cm³/mol. The maximum absolute atomic E-state index is 12.5. The average Bonchev–Trinajstić information content (AvgIpc) is 3.58. The molecule has 2 spiro atoms. The van der Waals surface area contributed by atoms with E-state index in [-0.39, 0.29) is 52.0 Å². The molecule has 44 heavy (non-hydrogen) atoms. The van der Waals surface area contributed by atoms with Gasteiger partial charge in [-0.3, -0.25) is 4.79 Å². The maximum atomic E-state index is 12.5. The summed E-state index contributed by atoms with van der Waals surface area (Å²) in [6.07, 6.45) is 6.87. The van der Waals surface area contributed by atoms with Crippen molar-refractivity contribution in [3.05, 3.63) is 0 Å². The summed E-state index contributed by atoms with van der Waals surface area (Å²) < 4.78 is 25.2. The van der Waals surface area contributed by atoms with Crippen molar-refractivity contribution < 1.29 is 34.0 Å². The lowest BCUT2D eigenvalue weighted by molar-refractivity contribution is -0.237. The molecule has 0 radical (unpaired) electrons. The Morgan fingerprint density at radius 2 is 1.75 bits per heavy atom. The molecule has 0 aromatic heterocycles. The van der Waals surface area contributed by atoms with Gasteiger partial charge in [0.05, 0.1) is 36.6 Å². The highest BCUT2D eigenvalue weighted by Gasteiger charge is 2.84. The number of hydrogen-bond acceptors (Lipinski definition) is 8. The highest BCUT2D eigenvalue weighted by Crippen LogP contribution is 2.89. The Bertz CT molecular complexity index is 1150. The Hall–Kier alpha value is -0.770. The third kappa shape index (κ3) is 4.12. The van der Waals surface area contributed by atoms with Gasteiger partial charge in [-0.05, 0) is 111 Å². The second-order valence-electron chi connectivity index (χ2n) is 17.9. The van der Waals surface area contributed by atoms with Crippen LogP contribution in [0.5, 0.6) is 0 Å². The first-order valence-electron chi connectivity index (χ1n) is 17.7. The van der Waals surface area contributed by atoms with E-state index in [1.807, 2.05) is 0 Å². The van der Waals surface area contributed by atoms with Gasteiger partial charge in [-0.15, -0.1) is 0 Å². The Balaban J connectivity index is 1.16. The Morgan fingerprint density at radius 3 is 2.41 bits per heavy atom. The fourth-order valence-corrected chi connectivity index (χ4v) is 13.4. The van der Waals surface area contributed by atoms with E-state index in [1.54, 1.807) is 13.8 Å². The van der Waals surface area contributed by atoms with Gasteiger partial charge in [0.25, 0.3) is 0 Å². The van der Waals surface area contributed by atoms with Gasteiger partial charge >= 0.3 is 5.97 Å². The summed E-state index contributed by atoms with van der Waals surface area (Å²) >= 11 is 0. The Kier molecular flexibility index (Phi) is 7.32. The lowest BCUT2D eigenvalue weighted by atomic mass is 9.41. The van der Waals surface area contributed by atoms with Crippen molar-refractivity contribution in [2.75, 3.05) is 19.7 Å². The quantitative estimate of drug-likeness (QED) is 0.377. The number of morpholine rings is 1. The second-order valence-corrected chi connectivity index (χ2v) is 17.9. The standard InChI is InChI=1S/C36H59NO7/c1-20-17-22(30(32(5,6)40)42-21(2)38)43-28-27(20)33(7)13-14-36-19-35(36)12-11-25(44-26-18-37-15-16-41-26)31(3,4)23(35)9-10-24(36)34(33,8)29(28)39/h20,22-30,37,39-40H,9-19H2,1-8H3/t20-,22?,23+,24?,25+,26+,27+,28?,29+,30+,33-,34-,35?,36?/m1/s1. The smallest absolute Gasteiger partial charge is 0.303 e. The number of fused-ring (bicyclic) bond motifs is 4. The molecule has 8 nitrogen and oxygen atoms in total. The molecule has 250 valence electrons. The van der Waals surface area contributed by atoms with E-state index < -0.39 is 29.9 Å². The summed E-state index contributed by atoms with van der Waals surface area (Å²) in [5.74, 6) is 1.16. The van der Waals surface area contributed by atoms with Crippen molar-refractivity contribution in [2.45, 2.75) is 149 Å². The van der Waals surface area contributed by atoms with Gasteiger partial charge < -0.3 is 34.5 Å². The van der Waals surface area contributed by atoms with Gasteiger partial charge in [0, 0.05) is 25.4 Å². The molecule has 5 saturated carbocycles. The molecule has 7 aliphatic rings. The summed E-state index contributed by atoms with van der Waals surface area (Å²) in [7, 11) is 0. The predicted octanol–water partition coefficient (Wildman–Crippen LogP) is 4.83. The Morgan fingerprint density at radius 1 is 1.05 bits per heavy atom. The molecule has 0 aromatic carbocycles. The molecule has 7 fully saturated rings. The molecule has 2 heterocycles. The molecule has 2 aliphatic heterocycles. The first kappa shape index (κ1) is 31.8. The molecule has 2 saturated heterocycles. The minimum atomic E-state index is -1.25. The van der Waals surface area contributed by atoms with Crippen LogP contribution in [0.2, 0.25) is 0 Å². The van der Waals surface area contributed by atoms with E-state index in [0.29, 0.717) is 30.3 Å². The van der Waals surface area contributed by atoms with Crippen molar-refractivity contribution in [3.63, 3.8) is 0 Å². The zero-order valence-electron chi connectivity index (χ0n) is 28.5. The van der Waals surface area contributed by atoms with Crippen LogP contribution in [-0.2, 0) is 23.7 Å². The van der Waals surface area contributed by atoms with E-state index in [0.717, 1.165) is 32.4 Å². The lowest BCUT2D eigenvalue weighted by Gasteiger charge is -2.64. The van der Waals surface area contributed by atoms with E-state index in [2.05, 4.69) is 39.9 Å². The number of carbonyl (C=O) groups is 1. The molecule has 5 aliphatic carbocycles. The number of aliphatic hydroxyl groups is 2. The van der Waals surface area contributed by atoms with Crippen molar-refractivity contribution in [2.24, 2.45) is 50.7 Å². The van der Waals surface area contributed by atoms with Gasteiger partial charge in [-0.2, -0.15) is 0 Å². The fraction of sp³-hybridized carbons (Fsp3) is 0.972. The SMILES string of the molecule is CC(=O)O[C@@H](C1C[C@@H](C)[C@H]2C(O1)[C@H](O)[C@@]1(C)C3CC[C@H]4C(C)(C)[C@@H](O[C@H]5CNCCO5)CCC45CC35CC[C@]21C)C(C)(C)O. The van der Waals surface area contributed by atoms with Crippen molar-refractivity contribution in [1.29, 1.82) is 0 Å². The number of esters is 1. The van der Waals surface area contributed by atoms with Crippen LogP contribution in [0, 0.1) is 50.7 Å². The van der Waals surface area contributed by atoms with Crippen LogP contribution in [0.3, 0.4) is 0 Å². The minimum Gasteiger partial charge on any atom is -0.457 e. The van der Waals surface area contributed by atoms with Crippen molar-refractivity contribution in [1.82, 2.24) is 5.32 Å². The topological polar surface area (TPSA) is 106 Å². The molecular weight excluding hydrogens is 558 g/mol. The minimum absolute atomic E-state index is 0.0409. The molecule has 8 heteroatoms. The largest absolute Gasteiger partial charge is 0.457 e. The summed E-state index contributed by atoms with van der Waals surface area (Å²) in [6.45, 7) is 19.2. The van der Waals surface area contributed by atoms with E-state index in [1.165, 1.54) is 32.6 Å². The number of hydrogen-bond donors (Lipinski definition) is 3. The normalized spacial score (nSPS) is 53.3. The highest BCUT2D eigenvalue weighted by atomic mass is 16.7. The first-order chi connectivity index (χ1) is 20.5. The number of nitrogens with one attached hydrogen (secondary N) is 1. The molecule has 14 atom stereocenters. The van der Waals surface area contributed by atoms with Crippen LogP contribution in [-0.4, -0.2) is 78.3 Å². The molecule has 3 N–H and O–H groups in total. The van der Waals surface area contributed by atoms with Crippen LogP contribution in [0.25, 0.3) is 0 Å². The zero-order valence-corrected chi connectivity index (χ0v) is 28.5. The number of carbonyl (C=O) groups excluding carboxylic acids is 1. The monoisotopic (exact) mass is 617 g/mol. The number of aliphatic hydroxyl groups excluding tert-OH is 1. The van der Waals surface area contributed by atoms with Gasteiger partial charge in [0.1, 0.15) is 0 Å². The number of ether oxygens (including phenoxy) is 4. The summed E-state index contributed by atoms with van der Waals surface area (Å²) in [4.78, 5) is 12.0. The van der Waals surface area contributed by atoms with Crippen molar-refractivity contribution >= 4 is 5.97 Å². The number of rotatable bonds is 5. The van der Waals surface area contributed by atoms with Gasteiger partial charge in [0.15, 0.2) is 12.4 Å². The van der Waals surface area contributed by atoms with E-state index in [4.69, 9.17) is 18.9 Å². The second kappa shape index (κ2) is 10.1. The van der Waals surface area contributed by atoms with Gasteiger partial charge in [0.2, 0.25) is 0 Å². The molecule has 0 aromatic rings. The molecule has 7 rings (SSSR count). The first-order valence-corrected chi connectivity index (χ1v) is 17.7. The third-order valence-electron chi connectivity index (χ3n) is 15.3. The molecule has 0 amide bonds. The van der Waals surface area contributed by atoms with Crippen LogP contribution in [0.15, 0.2) is 0 Å². The van der Waals surface area contributed by atoms with Gasteiger partial charge in [-0.1, -0.05) is 34.6 Å². The fourth-order valence-electron chi connectivity index (χ4n) is 13.4. The van der Waals surface area contributed by atoms with Crippen LogP contribution in [0.1, 0.15) is 107 Å².